The molecule has 0 fully saturated rings. The Morgan fingerprint density at radius 3 is 2.73 bits per heavy atom. The summed E-state index contributed by atoms with van der Waals surface area (Å²) in [6.45, 7) is 0.384. The molecule has 0 unspecified atom stereocenters. The summed E-state index contributed by atoms with van der Waals surface area (Å²) in [6.07, 6.45) is 1.75. The maximum absolute atomic E-state index is 11.8. The lowest BCUT2D eigenvalue weighted by Crippen LogP contribution is -2.29. The first kappa shape index (κ1) is 16.9. The van der Waals surface area contributed by atoms with Gasteiger partial charge in [-0.05, 0) is 35.4 Å². The second-order valence-corrected chi connectivity index (χ2v) is 6.72. The highest BCUT2D eigenvalue weighted by molar-refractivity contribution is 6.42. The Bertz CT molecular complexity index is 956. The highest BCUT2D eigenvalue weighted by atomic mass is 35.5. The Morgan fingerprint density at radius 1 is 1.15 bits per heavy atom. The Labute approximate surface area is 159 Å². The van der Waals surface area contributed by atoms with Gasteiger partial charge in [-0.15, -0.1) is 0 Å². The summed E-state index contributed by atoms with van der Waals surface area (Å²) >= 11 is 11.9. The number of amides is 1. The van der Waals surface area contributed by atoms with Gasteiger partial charge in [0.05, 0.1) is 22.5 Å². The van der Waals surface area contributed by atoms with Gasteiger partial charge in [-0.2, -0.15) is 10.1 Å². The van der Waals surface area contributed by atoms with E-state index in [0.717, 1.165) is 16.9 Å². The second kappa shape index (κ2) is 6.97. The van der Waals surface area contributed by atoms with Crippen LogP contribution in [-0.2, 0) is 11.4 Å². The van der Waals surface area contributed by atoms with Crippen LogP contribution in [0.4, 0.5) is 5.95 Å². The lowest BCUT2D eigenvalue weighted by Gasteiger charge is -2.23. The number of halogens is 2. The van der Waals surface area contributed by atoms with E-state index in [9.17, 15) is 4.79 Å². The number of fused-ring (bicyclic) bond motifs is 1. The monoisotopic (exact) mass is 388 g/mol. The zero-order valence-corrected chi connectivity index (χ0v) is 15.0. The summed E-state index contributed by atoms with van der Waals surface area (Å²) in [6, 6.07) is 12.8. The normalized spacial score (nSPS) is 16.1. The number of carbonyl (C=O) groups excluding carboxylic acids is 1. The van der Waals surface area contributed by atoms with Gasteiger partial charge < -0.3 is 4.74 Å². The number of carbonyl (C=O) groups is 1. The van der Waals surface area contributed by atoms with E-state index in [-0.39, 0.29) is 11.9 Å². The number of ether oxygens (including phenoxy) is 1. The molecule has 0 bridgehead atoms. The molecule has 6 nitrogen and oxygen atoms in total. The molecule has 1 N–H and O–H groups in total. The number of anilines is 1. The van der Waals surface area contributed by atoms with Crippen LogP contribution < -0.4 is 10.1 Å². The molecule has 1 aliphatic rings. The molecule has 3 aromatic rings. The van der Waals surface area contributed by atoms with E-state index in [1.165, 1.54) is 6.33 Å². The molecule has 2 aromatic carbocycles. The Hall–Kier alpha value is -2.57. The molecule has 0 aliphatic carbocycles. The van der Waals surface area contributed by atoms with Gasteiger partial charge in [-0.25, -0.2) is 4.68 Å². The standard InChI is InChI=1S/C18H14Cl2N4O2/c19-14-6-1-11(7-15(14)20)9-26-13-4-2-12(3-5-13)16-8-17(25)23-18-21-10-22-24(16)18/h1-7,10,16H,8-9H2,(H,21,22,23,25)/t16-/m0/s1. The van der Waals surface area contributed by atoms with Crippen LogP contribution in [0.3, 0.4) is 0 Å². The number of nitrogens with one attached hydrogen (secondary N) is 1. The molecule has 0 saturated carbocycles. The van der Waals surface area contributed by atoms with E-state index in [4.69, 9.17) is 27.9 Å². The van der Waals surface area contributed by atoms with Crippen molar-refractivity contribution in [3.05, 3.63) is 70.0 Å². The second-order valence-electron chi connectivity index (χ2n) is 5.90. The number of nitrogens with zero attached hydrogens (tertiary/aromatic N) is 3. The SMILES string of the molecule is O=C1C[C@@H](c2ccc(OCc3ccc(Cl)c(Cl)c3)cc2)n2ncnc2N1. The Balaban J connectivity index is 1.47. The summed E-state index contributed by atoms with van der Waals surface area (Å²) < 4.78 is 7.50. The zero-order valence-electron chi connectivity index (χ0n) is 13.5. The highest BCUT2D eigenvalue weighted by Gasteiger charge is 2.27. The maximum Gasteiger partial charge on any atom is 0.229 e. The number of hydrogen-bond donors (Lipinski definition) is 1. The van der Waals surface area contributed by atoms with Crippen molar-refractivity contribution in [2.45, 2.75) is 19.1 Å². The third-order valence-corrected chi connectivity index (χ3v) is 4.89. The van der Waals surface area contributed by atoms with Crippen LogP contribution in [0.25, 0.3) is 0 Å². The van der Waals surface area contributed by atoms with Crippen LogP contribution in [0.15, 0.2) is 48.8 Å². The van der Waals surface area contributed by atoms with Gasteiger partial charge in [0.1, 0.15) is 18.7 Å². The smallest absolute Gasteiger partial charge is 0.229 e. The Kier molecular flexibility index (Phi) is 4.53. The van der Waals surface area contributed by atoms with Crippen LogP contribution in [0.1, 0.15) is 23.6 Å². The predicted octanol–water partition coefficient (Wildman–Crippen LogP) is 4.10. The molecule has 1 amide bonds. The number of benzene rings is 2. The number of hydrogen-bond acceptors (Lipinski definition) is 4. The molecule has 0 saturated heterocycles. The average molecular weight is 389 g/mol. The summed E-state index contributed by atoms with van der Waals surface area (Å²) in [7, 11) is 0. The molecule has 1 atom stereocenters. The van der Waals surface area contributed by atoms with E-state index < -0.39 is 0 Å². The third-order valence-electron chi connectivity index (χ3n) is 4.15. The van der Waals surface area contributed by atoms with Crippen LogP contribution in [0, 0.1) is 0 Å². The molecule has 26 heavy (non-hydrogen) atoms. The van der Waals surface area contributed by atoms with E-state index in [0.29, 0.717) is 29.0 Å². The van der Waals surface area contributed by atoms with Crippen molar-refractivity contribution in [3.8, 4) is 5.75 Å². The minimum Gasteiger partial charge on any atom is -0.489 e. The van der Waals surface area contributed by atoms with E-state index in [1.807, 2.05) is 30.3 Å². The molecule has 1 aliphatic heterocycles. The van der Waals surface area contributed by atoms with Crippen molar-refractivity contribution in [1.29, 1.82) is 0 Å². The summed E-state index contributed by atoms with van der Waals surface area (Å²) in [4.78, 5) is 15.9. The molecule has 8 heteroatoms. The highest BCUT2D eigenvalue weighted by Crippen LogP contribution is 2.29. The molecule has 132 valence electrons. The third kappa shape index (κ3) is 3.38. The topological polar surface area (TPSA) is 69.0 Å². The van der Waals surface area contributed by atoms with Gasteiger partial charge in [0.15, 0.2) is 0 Å². The Morgan fingerprint density at radius 2 is 1.96 bits per heavy atom. The lowest BCUT2D eigenvalue weighted by atomic mass is 10.0. The molecule has 0 spiro atoms. The molecular weight excluding hydrogens is 375 g/mol. The first-order valence-corrected chi connectivity index (χ1v) is 8.72. The van der Waals surface area contributed by atoms with Crippen molar-refractivity contribution in [1.82, 2.24) is 14.8 Å². The van der Waals surface area contributed by atoms with Gasteiger partial charge >= 0.3 is 0 Å². The largest absolute Gasteiger partial charge is 0.489 e. The number of rotatable bonds is 4. The van der Waals surface area contributed by atoms with Gasteiger partial charge in [0, 0.05) is 0 Å². The lowest BCUT2D eigenvalue weighted by molar-refractivity contribution is -0.117. The molecule has 1 aromatic heterocycles. The first-order valence-electron chi connectivity index (χ1n) is 7.96. The molecule has 4 rings (SSSR count). The zero-order chi connectivity index (χ0) is 18.1. The molecule has 0 radical (unpaired) electrons. The predicted molar refractivity (Wildman–Crippen MR) is 98.6 cm³/mol. The fourth-order valence-corrected chi connectivity index (χ4v) is 3.17. The summed E-state index contributed by atoms with van der Waals surface area (Å²) in [5.41, 5.74) is 1.90. The van der Waals surface area contributed by atoms with Gasteiger partial charge in [-0.3, -0.25) is 10.1 Å². The van der Waals surface area contributed by atoms with Gasteiger partial charge in [0.25, 0.3) is 0 Å². The van der Waals surface area contributed by atoms with E-state index in [1.54, 1.807) is 16.8 Å². The van der Waals surface area contributed by atoms with Crippen molar-refractivity contribution >= 4 is 35.1 Å². The van der Waals surface area contributed by atoms with E-state index >= 15 is 0 Å². The first-order chi connectivity index (χ1) is 12.6. The quantitative estimate of drug-likeness (QED) is 0.730. The molecule has 2 heterocycles. The van der Waals surface area contributed by atoms with Crippen LogP contribution in [0.2, 0.25) is 10.0 Å². The van der Waals surface area contributed by atoms with Gasteiger partial charge in [0.2, 0.25) is 11.9 Å². The minimum atomic E-state index is -0.176. The van der Waals surface area contributed by atoms with Crippen molar-refractivity contribution in [3.63, 3.8) is 0 Å². The number of aromatic nitrogens is 3. The van der Waals surface area contributed by atoms with Crippen molar-refractivity contribution in [2.75, 3.05) is 5.32 Å². The van der Waals surface area contributed by atoms with Gasteiger partial charge in [-0.1, -0.05) is 41.4 Å². The fraction of sp³-hybridized carbons (Fsp3) is 0.167. The van der Waals surface area contributed by atoms with E-state index in [2.05, 4.69) is 15.4 Å². The minimum absolute atomic E-state index is 0.0737. The average Bonchev–Trinajstić information content (AvgIpc) is 3.11. The molecular formula is C18H14Cl2N4O2. The summed E-state index contributed by atoms with van der Waals surface area (Å²) in [5, 5.41) is 7.92. The van der Waals surface area contributed by atoms with Crippen LogP contribution in [0.5, 0.6) is 5.75 Å². The fourth-order valence-electron chi connectivity index (χ4n) is 2.85. The van der Waals surface area contributed by atoms with Crippen LogP contribution in [-0.4, -0.2) is 20.7 Å². The van der Waals surface area contributed by atoms with Crippen molar-refractivity contribution in [2.24, 2.45) is 0 Å². The van der Waals surface area contributed by atoms with Crippen molar-refractivity contribution < 1.29 is 9.53 Å². The van der Waals surface area contributed by atoms with Crippen LogP contribution >= 0.6 is 23.2 Å². The maximum atomic E-state index is 11.8. The summed E-state index contributed by atoms with van der Waals surface area (Å²) in [5.74, 6) is 1.11.